The van der Waals surface area contributed by atoms with Crippen LogP contribution in [0.15, 0.2) is 54.6 Å². The fourth-order valence-electron chi connectivity index (χ4n) is 4.09. The molecule has 0 aliphatic heterocycles. The number of aryl methyl sites for hydroxylation is 1. The molecule has 3 amide bonds. The van der Waals surface area contributed by atoms with Gasteiger partial charge in [0.05, 0.1) is 6.61 Å². The van der Waals surface area contributed by atoms with E-state index < -0.39 is 59.8 Å². The Hall–Kier alpha value is -4.36. The van der Waals surface area contributed by atoms with Crippen LogP contribution < -0.4 is 10.6 Å². The second-order valence-electron chi connectivity index (χ2n) is 12.0. The maximum Gasteiger partial charge on any atom is 0.408 e. The van der Waals surface area contributed by atoms with Crippen molar-refractivity contribution in [3.63, 3.8) is 0 Å². The SMILES string of the molecule is C#CN(C(=O)C(CO)NC(=O)OC(C)(C)C)C(C(=O)NC(Cc1ccccc1)C(=O)OC(C)(C)C)c1ccc(CC)cc1. The number of nitrogens with zero attached hydrogens (tertiary/aromatic N) is 1. The first-order chi connectivity index (χ1) is 20.1. The highest BCUT2D eigenvalue weighted by Crippen LogP contribution is 2.24. The number of carbonyl (C=O) groups is 4. The average Bonchev–Trinajstić information content (AvgIpc) is 2.92. The molecule has 43 heavy (non-hydrogen) atoms. The molecule has 0 aliphatic rings. The number of rotatable bonds is 11. The molecule has 3 unspecified atom stereocenters. The van der Waals surface area contributed by atoms with Crippen molar-refractivity contribution in [2.24, 2.45) is 0 Å². The van der Waals surface area contributed by atoms with E-state index >= 15 is 0 Å². The lowest BCUT2D eigenvalue weighted by Gasteiger charge is -2.31. The molecule has 10 heteroatoms. The van der Waals surface area contributed by atoms with E-state index in [1.54, 1.807) is 65.8 Å². The van der Waals surface area contributed by atoms with Crippen LogP contribution in [0.1, 0.15) is 71.2 Å². The summed E-state index contributed by atoms with van der Waals surface area (Å²) in [6, 6.07) is 14.2. The predicted molar refractivity (Wildman–Crippen MR) is 162 cm³/mol. The minimum Gasteiger partial charge on any atom is -0.458 e. The van der Waals surface area contributed by atoms with Crippen LogP contribution in [0.3, 0.4) is 0 Å². The van der Waals surface area contributed by atoms with Gasteiger partial charge in [-0.05, 0) is 64.7 Å². The first-order valence-corrected chi connectivity index (χ1v) is 14.1. The van der Waals surface area contributed by atoms with Crippen molar-refractivity contribution in [3.05, 3.63) is 71.3 Å². The van der Waals surface area contributed by atoms with Gasteiger partial charge in [-0.15, -0.1) is 0 Å². The van der Waals surface area contributed by atoms with Gasteiger partial charge in [-0.2, -0.15) is 0 Å². The number of hydrogen-bond donors (Lipinski definition) is 3. The summed E-state index contributed by atoms with van der Waals surface area (Å²) in [6.07, 6.45) is 5.69. The number of amides is 3. The molecule has 0 saturated carbocycles. The Labute approximate surface area is 254 Å². The molecule has 0 spiro atoms. The standard InChI is InChI=1S/C33H43N3O7/c1-9-22-16-18-24(19-17-22)27(36(10-2)29(39)26(21-37)35-31(41)43-33(6,7)8)28(38)34-25(30(40)42-32(3,4)5)20-23-14-12-11-13-15-23/h2,11-19,25-27,37H,9,20-21H2,1,3-8H3,(H,34,38)(H,35,41). The van der Waals surface area contributed by atoms with Crippen molar-refractivity contribution < 1.29 is 33.8 Å². The first-order valence-electron chi connectivity index (χ1n) is 14.1. The molecule has 2 aromatic carbocycles. The lowest BCUT2D eigenvalue weighted by molar-refractivity contribution is -0.159. The van der Waals surface area contributed by atoms with Gasteiger partial charge in [-0.3, -0.25) is 14.5 Å². The summed E-state index contributed by atoms with van der Waals surface area (Å²) < 4.78 is 10.8. The van der Waals surface area contributed by atoms with E-state index in [4.69, 9.17) is 15.9 Å². The first kappa shape index (κ1) is 34.8. The number of benzene rings is 2. The van der Waals surface area contributed by atoms with Gasteiger partial charge in [0.25, 0.3) is 5.91 Å². The van der Waals surface area contributed by atoms with Gasteiger partial charge in [-0.1, -0.05) is 67.9 Å². The van der Waals surface area contributed by atoms with Crippen LogP contribution in [-0.2, 0) is 36.7 Å². The van der Waals surface area contributed by atoms with E-state index in [1.165, 1.54) is 0 Å². The molecule has 0 fully saturated rings. The highest BCUT2D eigenvalue weighted by atomic mass is 16.6. The molecule has 232 valence electrons. The number of nitrogens with one attached hydrogen (secondary N) is 2. The lowest BCUT2D eigenvalue weighted by Crippen LogP contribution is -2.54. The Balaban J connectivity index is 2.50. The number of esters is 1. The van der Waals surface area contributed by atoms with Crippen molar-refractivity contribution in [1.82, 2.24) is 15.5 Å². The van der Waals surface area contributed by atoms with Crippen LogP contribution in [0.5, 0.6) is 0 Å². The molecular formula is C33H43N3O7. The van der Waals surface area contributed by atoms with Crippen LogP contribution >= 0.6 is 0 Å². The maximum atomic E-state index is 14.0. The molecule has 3 atom stereocenters. The van der Waals surface area contributed by atoms with Crippen LogP contribution in [-0.4, -0.2) is 63.8 Å². The fourth-order valence-corrected chi connectivity index (χ4v) is 4.09. The number of carbonyl (C=O) groups excluding carboxylic acids is 4. The molecule has 0 aromatic heterocycles. The number of alkyl carbamates (subject to hydrolysis) is 1. The van der Waals surface area contributed by atoms with E-state index in [2.05, 4.69) is 16.7 Å². The summed E-state index contributed by atoms with van der Waals surface area (Å²) in [5.74, 6) is -2.34. The van der Waals surface area contributed by atoms with Crippen LogP contribution in [0.2, 0.25) is 0 Å². The normalized spacial score (nSPS) is 13.5. The summed E-state index contributed by atoms with van der Waals surface area (Å²) in [5.41, 5.74) is 0.427. The quantitative estimate of drug-likeness (QED) is 0.206. The van der Waals surface area contributed by atoms with Crippen LogP contribution in [0, 0.1) is 12.5 Å². The monoisotopic (exact) mass is 593 g/mol. The molecule has 0 bridgehead atoms. The van der Waals surface area contributed by atoms with Crippen molar-refractivity contribution in [2.45, 2.75) is 90.6 Å². The molecule has 10 nitrogen and oxygen atoms in total. The molecule has 0 saturated heterocycles. The molecule has 3 N–H and O–H groups in total. The van der Waals surface area contributed by atoms with Crippen LogP contribution in [0.25, 0.3) is 0 Å². The predicted octanol–water partition coefficient (Wildman–Crippen LogP) is 3.66. The van der Waals surface area contributed by atoms with Crippen LogP contribution in [0.4, 0.5) is 4.79 Å². The number of hydrogen-bond acceptors (Lipinski definition) is 7. The minimum absolute atomic E-state index is 0.118. The van der Waals surface area contributed by atoms with Crippen molar-refractivity contribution in [3.8, 4) is 12.5 Å². The third-order valence-electron chi connectivity index (χ3n) is 6.05. The summed E-state index contributed by atoms with van der Waals surface area (Å²) in [6.45, 7) is 11.3. The zero-order chi connectivity index (χ0) is 32.4. The smallest absolute Gasteiger partial charge is 0.408 e. The second-order valence-corrected chi connectivity index (χ2v) is 12.0. The second kappa shape index (κ2) is 15.2. The molecule has 0 radical (unpaired) electrons. The van der Waals surface area contributed by atoms with Crippen molar-refractivity contribution in [2.75, 3.05) is 6.61 Å². The molecule has 2 aromatic rings. The number of terminal acetylenes is 1. The Morgan fingerprint density at radius 1 is 0.860 bits per heavy atom. The Bertz CT molecular complexity index is 1290. The Kier molecular flexibility index (Phi) is 12.3. The highest BCUT2D eigenvalue weighted by Gasteiger charge is 2.38. The van der Waals surface area contributed by atoms with Gasteiger partial charge in [0.2, 0.25) is 5.91 Å². The number of aliphatic hydroxyl groups is 1. The van der Waals surface area contributed by atoms with E-state index in [1.807, 2.05) is 37.3 Å². The maximum absolute atomic E-state index is 14.0. The largest absolute Gasteiger partial charge is 0.458 e. The third-order valence-corrected chi connectivity index (χ3v) is 6.05. The molecule has 0 heterocycles. The third kappa shape index (κ3) is 11.1. The van der Waals surface area contributed by atoms with Gasteiger partial charge in [-0.25, -0.2) is 9.59 Å². The number of ether oxygens (including phenoxy) is 2. The molecule has 0 aliphatic carbocycles. The van der Waals surface area contributed by atoms with E-state index in [0.29, 0.717) is 5.56 Å². The van der Waals surface area contributed by atoms with Gasteiger partial charge in [0, 0.05) is 12.5 Å². The van der Waals surface area contributed by atoms with Gasteiger partial charge < -0.3 is 25.2 Å². The van der Waals surface area contributed by atoms with E-state index in [0.717, 1.165) is 22.4 Å². The summed E-state index contributed by atoms with van der Waals surface area (Å²) in [5, 5.41) is 15.0. The Morgan fingerprint density at radius 2 is 1.44 bits per heavy atom. The van der Waals surface area contributed by atoms with Crippen molar-refractivity contribution in [1.29, 1.82) is 0 Å². The Morgan fingerprint density at radius 3 is 1.93 bits per heavy atom. The topological polar surface area (TPSA) is 134 Å². The van der Waals surface area contributed by atoms with Gasteiger partial charge in [0.15, 0.2) is 0 Å². The zero-order valence-electron chi connectivity index (χ0n) is 26.0. The lowest BCUT2D eigenvalue weighted by atomic mass is 9.99. The van der Waals surface area contributed by atoms with Gasteiger partial charge in [0.1, 0.15) is 29.3 Å². The number of aliphatic hydroxyl groups excluding tert-OH is 1. The zero-order valence-corrected chi connectivity index (χ0v) is 26.0. The molecular weight excluding hydrogens is 550 g/mol. The van der Waals surface area contributed by atoms with E-state index in [-0.39, 0.29) is 6.42 Å². The van der Waals surface area contributed by atoms with E-state index in [9.17, 15) is 24.3 Å². The van der Waals surface area contributed by atoms with Crippen molar-refractivity contribution >= 4 is 23.9 Å². The summed E-state index contributed by atoms with van der Waals surface area (Å²) in [7, 11) is 0. The molecule has 2 rings (SSSR count). The fraction of sp³-hybridized carbons (Fsp3) is 0.455. The van der Waals surface area contributed by atoms with Gasteiger partial charge >= 0.3 is 12.1 Å². The minimum atomic E-state index is -1.51. The summed E-state index contributed by atoms with van der Waals surface area (Å²) in [4.78, 5) is 54.1. The summed E-state index contributed by atoms with van der Waals surface area (Å²) >= 11 is 0. The highest BCUT2D eigenvalue weighted by molar-refractivity contribution is 5.95. The average molecular weight is 594 g/mol.